The van der Waals surface area contributed by atoms with Crippen LogP contribution in [-0.2, 0) is 13.6 Å². The van der Waals surface area contributed by atoms with Crippen molar-refractivity contribution in [1.82, 2.24) is 24.6 Å². The summed E-state index contributed by atoms with van der Waals surface area (Å²) in [7, 11) is 1.80. The summed E-state index contributed by atoms with van der Waals surface area (Å²) in [6.45, 7) is 6.52. The molecule has 6 nitrogen and oxygen atoms in total. The van der Waals surface area contributed by atoms with E-state index in [1.165, 1.54) is 0 Å². The van der Waals surface area contributed by atoms with Crippen LogP contribution in [-0.4, -0.2) is 25.2 Å². The van der Waals surface area contributed by atoms with E-state index < -0.39 is 0 Å². The van der Waals surface area contributed by atoms with Gasteiger partial charge in [0.05, 0.1) is 11.4 Å². The van der Waals surface area contributed by atoms with Crippen molar-refractivity contribution in [3.8, 4) is 5.69 Å². The third-order valence-electron chi connectivity index (χ3n) is 4.24. The summed E-state index contributed by atoms with van der Waals surface area (Å²) in [5.74, 6) is 1.07. The largest absolute Gasteiger partial charge is 0.347 e. The molecule has 0 atom stereocenters. The molecule has 0 aliphatic heterocycles. The number of aromatic nitrogens is 4. The molecule has 0 fully saturated rings. The van der Waals surface area contributed by atoms with Gasteiger partial charge in [0.15, 0.2) is 0 Å². The van der Waals surface area contributed by atoms with Crippen molar-refractivity contribution in [3.63, 3.8) is 0 Å². The molecule has 0 unspecified atom stereocenters. The fourth-order valence-electron chi connectivity index (χ4n) is 2.78. The first-order chi connectivity index (χ1) is 12.0. The number of hydrogen-bond donors (Lipinski definition) is 1. The Kier molecular flexibility index (Phi) is 4.70. The van der Waals surface area contributed by atoms with E-state index in [2.05, 4.69) is 29.2 Å². The summed E-state index contributed by atoms with van der Waals surface area (Å²) in [4.78, 5) is 16.8. The number of imidazole rings is 1. The maximum absolute atomic E-state index is 12.5. The van der Waals surface area contributed by atoms with E-state index in [9.17, 15) is 4.79 Å². The third kappa shape index (κ3) is 3.47. The Morgan fingerprint density at radius 2 is 2.04 bits per heavy atom. The average Bonchev–Trinajstić information content (AvgIpc) is 3.19. The second kappa shape index (κ2) is 6.93. The van der Waals surface area contributed by atoms with Crippen LogP contribution in [0.25, 0.3) is 5.69 Å². The number of amides is 1. The fraction of sp³-hybridized carbons (Fsp3) is 0.316. The van der Waals surface area contributed by atoms with Gasteiger partial charge in [0.1, 0.15) is 11.5 Å². The number of benzene rings is 1. The summed E-state index contributed by atoms with van der Waals surface area (Å²) in [6.07, 6.45) is 3.69. The molecule has 130 valence electrons. The number of aryl methyl sites for hydroxylation is 2. The van der Waals surface area contributed by atoms with Crippen LogP contribution in [0.3, 0.4) is 0 Å². The smallest absolute Gasteiger partial charge is 0.269 e. The molecule has 0 spiro atoms. The maximum atomic E-state index is 12.5. The molecule has 2 aromatic heterocycles. The van der Waals surface area contributed by atoms with E-state index in [-0.39, 0.29) is 11.8 Å². The van der Waals surface area contributed by atoms with Crippen LogP contribution in [0, 0.1) is 6.92 Å². The monoisotopic (exact) mass is 337 g/mol. The van der Waals surface area contributed by atoms with Gasteiger partial charge in [-0.3, -0.25) is 9.48 Å². The second-order valence-electron chi connectivity index (χ2n) is 6.39. The lowest BCUT2D eigenvalue weighted by atomic mass is 10.1. The van der Waals surface area contributed by atoms with Crippen LogP contribution >= 0.6 is 0 Å². The van der Waals surface area contributed by atoms with Crippen LogP contribution in [0.5, 0.6) is 0 Å². The molecule has 0 bridgehead atoms. The van der Waals surface area contributed by atoms with Gasteiger partial charge in [0.25, 0.3) is 5.91 Å². The van der Waals surface area contributed by atoms with E-state index in [1.54, 1.807) is 17.9 Å². The molecule has 1 N–H and O–H groups in total. The van der Waals surface area contributed by atoms with Gasteiger partial charge in [-0.15, -0.1) is 0 Å². The molecule has 1 amide bonds. The van der Waals surface area contributed by atoms with Gasteiger partial charge in [-0.05, 0) is 30.5 Å². The van der Waals surface area contributed by atoms with Crippen molar-refractivity contribution in [2.45, 2.75) is 33.2 Å². The quantitative estimate of drug-likeness (QED) is 0.778. The topological polar surface area (TPSA) is 64.7 Å². The Morgan fingerprint density at radius 1 is 1.28 bits per heavy atom. The number of rotatable bonds is 5. The highest BCUT2D eigenvalue weighted by Gasteiger charge is 2.15. The van der Waals surface area contributed by atoms with E-state index in [0.29, 0.717) is 12.2 Å². The van der Waals surface area contributed by atoms with E-state index in [4.69, 9.17) is 0 Å². The fourth-order valence-corrected chi connectivity index (χ4v) is 2.78. The summed E-state index contributed by atoms with van der Waals surface area (Å²) >= 11 is 0. The second-order valence-corrected chi connectivity index (χ2v) is 6.39. The molecule has 3 aromatic rings. The van der Waals surface area contributed by atoms with Crippen molar-refractivity contribution >= 4 is 5.91 Å². The molecular weight excluding hydrogens is 314 g/mol. The summed E-state index contributed by atoms with van der Waals surface area (Å²) in [5, 5.41) is 7.40. The molecule has 3 rings (SSSR count). The van der Waals surface area contributed by atoms with Crippen LogP contribution in [0.2, 0.25) is 0 Å². The van der Waals surface area contributed by atoms with Crippen molar-refractivity contribution in [1.29, 1.82) is 0 Å². The Bertz CT molecular complexity index is 891. The van der Waals surface area contributed by atoms with Crippen LogP contribution in [0.15, 0.2) is 42.7 Å². The number of carbonyl (C=O) groups excluding carboxylic acids is 1. The molecule has 2 heterocycles. The Morgan fingerprint density at radius 3 is 2.68 bits per heavy atom. The molecule has 1 aromatic carbocycles. The SMILES string of the molecule is Cc1nccn1-c1ccccc1CNC(=O)c1cc(C(C)C)nn1C. The number of nitrogens with one attached hydrogen (secondary N) is 1. The van der Waals surface area contributed by atoms with Crippen LogP contribution in [0.1, 0.15) is 47.3 Å². The summed E-state index contributed by atoms with van der Waals surface area (Å²) in [5.41, 5.74) is 3.54. The van der Waals surface area contributed by atoms with E-state index in [1.807, 2.05) is 48.0 Å². The molecule has 0 aliphatic rings. The highest BCUT2D eigenvalue weighted by molar-refractivity contribution is 5.92. The third-order valence-corrected chi connectivity index (χ3v) is 4.24. The van der Waals surface area contributed by atoms with E-state index in [0.717, 1.165) is 22.8 Å². The first-order valence-corrected chi connectivity index (χ1v) is 8.37. The molecule has 0 radical (unpaired) electrons. The van der Waals surface area contributed by atoms with Crippen molar-refractivity contribution in [3.05, 3.63) is 65.5 Å². The van der Waals surface area contributed by atoms with Gasteiger partial charge in [0, 0.05) is 26.0 Å². The number of hydrogen-bond acceptors (Lipinski definition) is 3. The van der Waals surface area contributed by atoms with Crippen LogP contribution < -0.4 is 5.32 Å². The highest BCUT2D eigenvalue weighted by Crippen LogP contribution is 2.17. The Labute approximate surface area is 147 Å². The maximum Gasteiger partial charge on any atom is 0.269 e. The predicted octanol–water partition coefficient (Wildman–Crippen LogP) is 2.97. The zero-order valence-corrected chi connectivity index (χ0v) is 15.0. The number of carbonyl (C=O) groups is 1. The standard InChI is InChI=1S/C19H23N5O/c1-13(2)16-11-18(23(4)22-16)19(25)21-12-15-7-5-6-8-17(15)24-10-9-20-14(24)3/h5-11,13H,12H2,1-4H3,(H,21,25). The molecule has 6 heteroatoms. The first-order valence-electron chi connectivity index (χ1n) is 8.37. The summed E-state index contributed by atoms with van der Waals surface area (Å²) in [6, 6.07) is 9.84. The van der Waals surface area contributed by atoms with Crippen molar-refractivity contribution < 1.29 is 4.79 Å². The predicted molar refractivity (Wildman–Crippen MR) is 96.8 cm³/mol. The Hall–Kier alpha value is -2.89. The van der Waals surface area contributed by atoms with E-state index >= 15 is 0 Å². The van der Waals surface area contributed by atoms with Gasteiger partial charge in [-0.2, -0.15) is 5.10 Å². The number of nitrogens with zero attached hydrogens (tertiary/aromatic N) is 4. The van der Waals surface area contributed by atoms with Crippen molar-refractivity contribution in [2.24, 2.45) is 7.05 Å². The lowest BCUT2D eigenvalue weighted by Crippen LogP contribution is -2.25. The number of para-hydroxylation sites is 1. The lowest BCUT2D eigenvalue weighted by Gasteiger charge is -2.12. The van der Waals surface area contributed by atoms with Crippen molar-refractivity contribution in [2.75, 3.05) is 0 Å². The van der Waals surface area contributed by atoms with Crippen LogP contribution in [0.4, 0.5) is 0 Å². The van der Waals surface area contributed by atoms with Gasteiger partial charge in [-0.25, -0.2) is 4.98 Å². The lowest BCUT2D eigenvalue weighted by molar-refractivity contribution is 0.0941. The van der Waals surface area contributed by atoms with Gasteiger partial charge in [-0.1, -0.05) is 32.0 Å². The minimum absolute atomic E-state index is 0.126. The molecule has 25 heavy (non-hydrogen) atoms. The zero-order chi connectivity index (χ0) is 18.0. The first kappa shape index (κ1) is 17.0. The van der Waals surface area contributed by atoms with Gasteiger partial charge >= 0.3 is 0 Å². The van der Waals surface area contributed by atoms with Gasteiger partial charge < -0.3 is 9.88 Å². The van der Waals surface area contributed by atoms with Gasteiger partial charge in [0.2, 0.25) is 0 Å². The molecular formula is C19H23N5O. The zero-order valence-electron chi connectivity index (χ0n) is 15.0. The molecule has 0 saturated carbocycles. The average molecular weight is 337 g/mol. The normalized spacial score (nSPS) is 11.1. The summed E-state index contributed by atoms with van der Waals surface area (Å²) < 4.78 is 3.65. The molecule has 0 saturated heterocycles. The minimum atomic E-state index is -0.126. The highest BCUT2D eigenvalue weighted by atomic mass is 16.2. The Balaban J connectivity index is 1.79. The minimum Gasteiger partial charge on any atom is -0.347 e. The molecule has 0 aliphatic carbocycles.